The van der Waals surface area contributed by atoms with Crippen LogP contribution in [0.3, 0.4) is 0 Å². The first-order valence-electron chi connectivity index (χ1n) is 26.6. The second kappa shape index (κ2) is 31.3. The Morgan fingerprint density at radius 3 is 0.735 bits per heavy atom. The summed E-state index contributed by atoms with van der Waals surface area (Å²) < 4.78 is 12.9. The van der Waals surface area contributed by atoms with E-state index in [1.165, 1.54) is 180 Å². The van der Waals surface area contributed by atoms with Crippen LogP contribution < -0.4 is 9.47 Å². The fourth-order valence-electron chi connectivity index (χ4n) is 9.13. The van der Waals surface area contributed by atoms with Crippen LogP contribution in [-0.4, -0.2) is 43.1 Å². The molecule has 3 heterocycles. The highest BCUT2D eigenvalue weighted by Crippen LogP contribution is 2.36. The molecule has 12 nitrogen and oxygen atoms in total. The number of nitrogens with zero attached hydrogens (tertiary/aromatic N) is 10. The van der Waals surface area contributed by atoms with E-state index in [1.54, 1.807) is 0 Å². The van der Waals surface area contributed by atoms with Crippen molar-refractivity contribution in [3.8, 4) is 35.8 Å². The monoisotopic (exact) mass is 921 g/mol. The quantitative estimate of drug-likeness (QED) is 0.0210. The van der Waals surface area contributed by atoms with E-state index in [0.717, 1.165) is 25.7 Å². The molecule has 68 heavy (non-hydrogen) atoms. The molecule has 0 aliphatic carbocycles. The Morgan fingerprint density at radius 2 is 0.515 bits per heavy atom. The van der Waals surface area contributed by atoms with Crippen LogP contribution in [0, 0.1) is 45.3 Å². The number of fused-ring (bicyclic) bond motifs is 7. The molecule has 5 aromatic rings. The number of ether oxygens (including phenoxy) is 2. The summed E-state index contributed by atoms with van der Waals surface area (Å²) in [5, 5.41) is 39.3. The summed E-state index contributed by atoms with van der Waals surface area (Å²) in [7, 11) is 0. The lowest BCUT2D eigenvalue weighted by Gasteiger charge is -2.15. The zero-order chi connectivity index (χ0) is 48.0. The maximum atomic E-state index is 9.86. The number of unbranched alkanes of at least 4 members (excludes halogenated alkanes) is 30. The van der Waals surface area contributed by atoms with E-state index >= 15 is 0 Å². The van der Waals surface area contributed by atoms with Gasteiger partial charge in [0, 0.05) is 12.1 Å². The van der Waals surface area contributed by atoms with Gasteiger partial charge in [0.05, 0.1) is 24.2 Å². The first-order valence-corrected chi connectivity index (χ1v) is 26.6. The van der Waals surface area contributed by atoms with Gasteiger partial charge in [-0.25, -0.2) is 29.9 Å². The van der Waals surface area contributed by atoms with Gasteiger partial charge in [0.1, 0.15) is 57.4 Å². The van der Waals surface area contributed by atoms with Crippen LogP contribution in [0.5, 0.6) is 11.5 Å². The second-order valence-electron chi connectivity index (χ2n) is 18.7. The third-order valence-electron chi connectivity index (χ3n) is 13.1. The van der Waals surface area contributed by atoms with Gasteiger partial charge in [0.25, 0.3) is 0 Å². The largest absolute Gasteiger partial charge is 0.490 e. The minimum absolute atomic E-state index is 0.129. The van der Waals surface area contributed by atoms with Crippen molar-refractivity contribution in [2.75, 3.05) is 13.2 Å². The molecule has 0 fully saturated rings. The molecule has 5 rings (SSSR count). The molecule has 0 atom stereocenters. The minimum atomic E-state index is -0.199. The van der Waals surface area contributed by atoms with Gasteiger partial charge in [0.15, 0.2) is 34.3 Å². The fraction of sp³-hybridized carbons (Fsp3) is 0.643. The predicted molar refractivity (Wildman–Crippen MR) is 272 cm³/mol. The van der Waals surface area contributed by atoms with Gasteiger partial charge in [-0.1, -0.05) is 206 Å². The van der Waals surface area contributed by atoms with E-state index in [2.05, 4.69) is 33.8 Å². The van der Waals surface area contributed by atoms with Crippen molar-refractivity contribution in [1.82, 2.24) is 29.9 Å². The highest BCUT2D eigenvalue weighted by molar-refractivity contribution is 6.19. The Morgan fingerprint density at radius 1 is 0.309 bits per heavy atom. The summed E-state index contributed by atoms with van der Waals surface area (Å²) in [6.07, 6.45) is 41.7. The third kappa shape index (κ3) is 16.8. The van der Waals surface area contributed by atoms with Crippen molar-refractivity contribution in [2.24, 2.45) is 0 Å². The molecule has 2 aromatic carbocycles. The predicted octanol–water partition coefficient (Wildman–Crippen LogP) is 15.4. The van der Waals surface area contributed by atoms with Gasteiger partial charge in [-0.2, -0.15) is 21.0 Å². The summed E-state index contributed by atoms with van der Waals surface area (Å²) in [4.78, 5) is 27.9. The number of benzene rings is 2. The van der Waals surface area contributed by atoms with Crippen LogP contribution in [0.1, 0.15) is 242 Å². The summed E-state index contributed by atoms with van der Waals surface area (Å²) >= 11 is 0. The summed E-state index contributed by atoms with van der Waals surface area (Å²) in [5.41, 5.74) is 1.40. The van der Waals surface area contributed by atoms with Crippen molar-refractivity contribution >= 4 is 44.1 Å². The molecule has 0 saturated carbocycles. The van der Waals surface area contributed by atoms with Crippen molar-refractivity contribution in [1.29, 1.82) is 21.0 Å². The molecule has 0 aliphatic heterocycles. The first-order chi connectivity index (χ1) is 33.6. The van der Waals surface area contributed by atoms with Gasteiger partial charge < -0.3 is 9.47 Å². The zero-order valence-corrected chi connectivity index (χ0v) is 41.5. The molecule has 0 bridgehead atoms. The van der Waals surface area contributed by atoms with E-state index in [-0.39, 0.29) is 55.9 Å². The molecule has 3 aromatic heterocycles. The molecule has 0 radical (unpaired) electrons. The number of aromatic nitrogens is 6. The average molecular weight is 921 g/mol. The lowest BCUT2D eigenvalue weighted by atomic mass is 10.0. The SMILES string of the molecule is CCCCCCCCCCCCCCCCCCOc1cc2nc3c4nc(C#N)c(C#N)nc4c4nc(C#N)c(C#N)nc4c3nc2cc1OCCCCCCCCCCCCCCCCCC. The Balaban J connectivity index is 1.21. The topological polar surface area (TPSA) is 191 Å². The third-order valence-corrected chi connectivity index (χ3v) is 13.1. The van der Waals surface area contributed by atoms with Gasteiger partial charge in [0.2, 0.25) is 0 Å². The normalized spacial score (nSPS) is 11.3. The number of hydrogen-bond donors (Lipinski definition) is 0. The van der Waals surface area contributed by atoms with Gasteiger partial charge in [-0.15, -0.1) is 0 Å². The van der Waals surface area contributed by atoms with Crippen molar-refractivity contribution in [3.63, 3.8) is 0 Å². The molecular weight excluding hydrogens is 845 g/mol. The van der Waals surface area contributed by atoms with Crippen LogP contribution in [0.2, 0.25) is 0 Å². The van der Waals surface area contributed by atoms with Crippen LogP contribution in [0.25, 0.3) is 44.1 Å². The van der Waals surface area contributed by atoms with E-state index < -0.39 is 0 Å². The summed E-state index contributed by atoms with van der Waals surface area (Å²) in [6, 6.07) is 11.4. The van der Waals surface area contributed by atoms with Crippen molar-refractivity contribution in [2.45, 2.75) is 219 Å². The highest BCUT2D eigenvalue weighted by Gasteiger charge is 2.23. The van der Waals surface area contributed by atoms with Gasteiger partial charge in [-0.3, -0.25) is 0 Å². The molecular formula is C56H76N10O2. The van der Waals surface area contributed by atoms with E-state index in [1.807, 2.05) is 36.4 Å². The number of nitriles is 4. The molecule has 0 saturated heterocycles. The lowest BCUT2D eigenvalue weighted by Crippen LogP contribution is -2.05. The van der Waals surface area contributed by atoms with Crippen molar-refractivity contribution < 1.29 is 9.47 Å². The van der Waals surface area contributed by atoms with Gasteiger partial charge in [-0.05, 0) is 12.8 Å². The molecule has 0 aliphatic rings. The fourth-order valence-corrected chi connectivity index (χ4v) is 9.13. The summed E-state index contributed by atoms with van der Waals surface area (Å²) in [5.74, 6) is 1.16. The molecule has 12 heteroatoms. The summed E-state index contributed by atoms with van der Waals surface area (Å²) in [6.45, 7) is 5.63. The second-order valence-corrected chi connectivity index (χ2v) is 18.7. The molecule has 0 N–H and O–H groups in total. The minimum Gasteiger partial charge on any atom is -0.490 e. The molecule has 0 unspecified atom stereocenters. The van der Waals surface area contributed by atoms with Crippen LogP contribution in [0.4, 0.5) is 0 Å². The molecule has 362 valence electrons. The zero-order valence-electron chi connectivity index (χ0n) is 41.5. The average Bonchev–Trinajstić information content (AvgIpc) is 3.36. The van der Waals surface area contributed by atoms with Crippen LogP contribution in [-0.2, 0) is 0 Å². The van der Waals surface area contributed by atoms with Crippen molar-refractivity contribution in [3.05, 3.63) is 34.9 Å². The standard InChI is InChI=1S/C56H76N10O2/c1-3-5-7-9-11-13-15-17-19-21-23-25-27-29-31-33-35-67-49-37-43-44(38-50(49)68-36-34-32-30-28-26-24-22-20-18-16-14-12-10-8-6-4-2)62-52-51(61-43)53-55(65-47(41-59)45(39-57)63-53)56-54(52)64-46(40-58)48(42-60)66-56/h37-38H,3-36H2,1-2H3. The smallest absolute Gasteiger partial charge is 0.177 e. The Labute approximate surface area is 406 Å². The Bertz CT molecular complexity index is 2320. The maximum absolute atomic E-state index is 9.86. The first kappa shape index (κ1) is 53.2. The number of rotatable bonds is 36. The number of hydrogen-bond acceptors (Lipinski definition) is 12. The Kier molecular flexibility index (Phi) is 24.5. The maximum Gasteiger partial charge on any atom is 0.177 e. The van der Waals surface area contributed by atoms with Crippen LogP contribution >= 0.6 is 0 Å². The van der Waals surface area contributed by atoms with E-state index in [4.69, 9.17) is 19.4 Å². The molecule has 0 amide bonds. The van der Waals surface area contributed by atoms with E-state index in [9.17, 15) is 21.0 Å². The Hall–Kier alpha value is -5.72. The van der Waals surface area contributed by atoms with E-state index in [0.29, 0.717) is 35.7 Å². The molecule has 0 spiro atoms. The van der Waals surface area contributed by atoms with Gasteiger partial charge >= 0.3 is 0 Å². The van der Waals surface area contributed by atoms with Crippen LogP contribution in [0.15, 0.2) is 12.1 Å². The highest BCUT2D eigenvalue weighted by atomic mass is 16.5. The lowest BCUT2D eigenvalue weighted by molar-refractivity contribution is 0.259.